The summed E-state index contributed by atoms with van der Waals surface area (Å²) >= 11 is 15.3. The molecule has 1 saturated carbocycles. The fourth-order valence-corrected chi connectivity index (χ4v) is 4.05. The van der Waals surface area contributed by atoms with Gasteiger partial charge in [0.2, 0.25) is 5.89 Å². The van der Waals surface area contributed by atoms with Gasteiger partial charge >= 0.3 is 0 Å². The molecule has 2 N–H and O–H groups in total. The van der Waals surface area contributed by atoms with Gasteiger partial charge in [-0.1, -0.05) is 47.5 Å². The van der Waals surface area contributed by atoms with Crippen molar-refractivity contribution in [1.82, 2.24) is 20.5 Å². The second kappa shape index (κ2) is 12.6. The monoisotopic (exact) mass is 545 g/mol. The van der Waals surface area contributed by atoms with Crippen LogP contribution < -0.4 is 10.6 Å². The van der Waals surface area contributed by atoms with Gasteiger partial charge in [-0.15, -0.1) is 12.6 Å². The highest BCUT2D eigenvalue weighted by Gasteiger charge is 2.22. The van der Waals surface area contributed by atoms with Crippen LogP contribution in [0.4, 0.5) is 0 Å². The zero-order valence-corrected chi connectivity index (χ0v) is 22.4. The number of aliphatic imine (C=N–C) groups is 1. The van der Waals surface area contributed by atoms with Crippen molar-refractivity contribution in [2.45, 2.75) is 36.7 Å². The van der Waals surface area contributed by atoms with E-state index in [1.807, 2.05) is 0 Å². The predicted octanol–water partition coefficient (Wildman–Crippen LogP) is 4.87. The first-order valence-corrected chi connectivity index (χ1v) is 13.0. The summed E-state index contributed by atoms with van der Waals surface area (Å²) < 4.78 is 5.40. The van der Waals surface area contributed by atoms with Crippen LogP contribution in [0.15, 0.2) is 63.0 Å². The molecular formula is C26H29Cl2N5O2S. The Morgan fingerprint density at radius 2 is 2.00 bits per heavy atom. The van der Waals surface area contributed by atoms with Gasteiger partial charge in [-0.05, 0) is 43.0 Å². The predicted molar refractivity (Wildman–Crippen MR) is 147 cm³/mol. The Bertz CT molecular complexity index is 1210. The molecule has 1 aliphatic heterocycles. The number of amidine groups is 1. The zero-order chi connectivity index (χ0) is 25.5. The van der Waals surface area contributed by atoms with Crippen LogP contribution in [-0.2, 0) is 13.0 Å². The summed E-state index contributed by atoms with van der Waals surface area (Å²) in [7, 11) is 1.80. The molecule has 0 atom stereocenters. The standard InChI is InChI=1S/C20H25N5O2.C6H4Cl2S/c1-25(20(26)17-13-27-18(24-17)12-23-16-6-7-16)11-8-14-2-4-15(5-3-14)19-21-9-10-22-19;7-4-1-2-6(9)5(8)3-4/h2-5,13,16,23H,6-12H2,1H3,(H,21,22);1-3,9H. The van der Waals surface area contributed by atoms with Gasteiger partial charge in [0.15, 0.2) is 5.69 Å². The fourth-order valence-electron chi connectivity index (χ4n) is 3.51. The number of likely N-dealkylation sites (N-methyl/N-ethyl adjacent to an activating group) is 1. The highest BCUT2D eigenvalue weighted by molar-refractivity contribution is 7.80. The Kier molecular flexibility index (Phi) is 9.31. The van der Waals surface area contributed by atoms with Crippen LogP contribution in [0.2, 0.25) is 10.0 Å². The molecule has 5 rings (SSSR count). The van der Waals surface area contributed by atoms with E-state index in [0.29, 0.717) is 40.8 Å². The van der Waals surface area contributed by atoms with Crippen molar-refractivity contribution in [3.8, 4) is 0 Å². The van der Waals surface area contributed by atoms with E-state index in [1.54, 1.807) is 30.1 Å². The van der Waals surface area contributed by atoms with E-state index in [1.165, 1.54) is 24.7 Å². The maximum atomic E-state index is 12.5. The number of rotatable bonds is 8. The minimum absolute atomic E-state index is 0.113. The molecular weight excluding hydrogens is 517 g/mol. The molecule has 7 nitrogen and oxygen atoms in total. The van der Waals surface area contributed by atoms with E-state index < -0.39 is 0 Å². The number of hydrogen-bond donors (Lipinski definition) is 3. The van der Waals surface area contributed by atoms with Crippen molar-refractivity contribution in [3.63, 3.8) is 0 Å². The molecule has 1 aliphatic carbocycles. The first-order valence-electron chi connectivity index (χ1n) is 11.8. The van der Waals surface area contributed by atoms with Crippen LogP contribution in [-0.4, -0.2) is 54.4 Å². The molecule has 0 unspecified atom stereocenters. The first kappa shape index (κ1) is 26.5. The van der Waals surface area contributed by atoms with E-state index in [4.69, 9.17) is 27.6 Å². The lowest BCUT2D eigenvalue weighted by Gasteiger charge is -2.15. The van der Waals surface area contributed by atoms with Crippen molar-refractivity contribution in [2.75, 3.05) is 26.7 Å². The summed E-state index contributed by atoms with van der Waals surface area (Å²) in [6, 6.07) is 14.1. The first-order chi connectivity index (χ1) is 17.4. The van der Waals surface area contributed by atoms with E-state index in [9.17, 15) is 4.79 Å². The number of nitrogens with zero attached hydrogens (tertiary/aromatic N) is 3. The van der Waals surface area contributed by atoms with Gasteiger partial charge in [0.25, 0.3) is 5.91 Å². The molecule has 1 fully saturated rings. The molecule has 10 heteroatoms. The molecule has 2 heterocycles. The third-order valence-corrected chi connectivity index (χ3v) is 6.85. The molecule has 190 valence electrons. The van der Waals surface area contributed by atoms with Crippen LogP contribution in [0.25, 0.3) is 0 Å². The Morgan fingerprint density at radius 3 is 2.64 bits per heavy atom. The second-order valence-electron chi connectivity index (χ2n) is 8.71. The third-order valence-electron chi connectivity index (χ3n) is 5.78. The number of carbonyl (C=O) groups is 1. The van der Waals surface area contributed by atoms with Gasteiger partial charge < -0.3 is 20.0 Å². The highest BCUT2D eigenvalue weighted by atomic mass is 35.5. The van der Waals surface area contributed by atoms with Gasteiger partial charge in [-0.25, -0.2) is 4.98 Å². The number of hydrogen-bond acceptors (Lipinski definition) is 7. The van der Waals surface area contributed by atoms with E-state index in [2.05, 4.69) is 57.5 Å². The number of nitrogens with one attached hydrogen (secondary N) is 2. The minimum atomic E-state index is -0.113. The summed E-state index contributed by atoms with van der Waals surface area (Å²) in [5, 5.41) is 7.83. The number of oxazole rings is 1. The van der Waals surface area contributed by atoms with Crippen LogP contribution in [0.1, 0.15) is 40.3 Å². The van der Waals surface area contributed by atoms with Crippen LogP contribution in [0.3, 0.4) is 0 Å². The molecule has 0 saturated heterocycles. The molecule has 0 radical (unpaired) electrons. The molecule has 0 spiro atoms. The number of benzene rings is 2. The van der Waals surface area contributed by atoms with Crippen molar-refractivity contribution < 1.29 is 9.21 Å². The SMILES string of the molecule is CN(CCc1ccc(C2=NCCN2)cc1)C(=O)c1coc(CNC2CC2)n1.Sc1ccc(Cl)cc1Cl. The molecule has 2 aromatic carbocycles. The molecule has 0 bridgehead atoms. The zero-order valence-electron chi connectivity index (χ0n) is 20.0. The second-order valence-corrected chi connectivity index (χ2v) is 10.0. The quantitative estimate of drug-likeness (QED) is 0.351. The highest BCUT2D eigenvalue weighted by Crippen LogP contribution is 2.23. The van der Waals surface area contributed by atoms with Crippen molar-refractivity contribution in [3.05, 3.63) is 81.5 Å². The Balaban J connectivity index is 0.000000286. The molecule has 1 amide bonds. The largest absolute Gasteiger partial charge is 0.447 e. The van der Waals surface area contributed by atoms with Gasteiger partial charge in [0, 0.05) is 41.7 Å². The Hall–Kier alpha value is -2.52. The van der Waals surface area contributed by atoms with Crippen LogP contribution in [0.5, 0.6) is 0 Å². The lowest BCUT2D eigenvalue weighted by molar-refractivity contribution is 0.0790. The van der Waals surface area contributed by atoms with Gasteiger partial charge in [-0.3, -0.25) is 9.79 Å². The number of aromatic nitrogens is 1. The summed E-state index contributed by atoms with van der Waals surface area (Å²) in [6.07, 6.45) is 4.66. The van der Waals surface area contributed by atoms with Gasteiger partial charge in [0.05, 0.1) is 18.1 Å². The van der Waals surface area contributed by atoms with Crippen LogP contribution in [0, 0.1) is 0 Å². The maximum Gasteiger partial charge on any atom is 0.275 e. The maximum absolute atomic E-state index is 12.5. The van der Waals surface area contributed by atoms with Crippen molar-refractivity contribution in [1.29, 1.82) is 0 Å². The molecule has 3 aromatic rings. The number of thiol groups is 1. The lowest BCUT2D eigenvalue weighted by atomic mass is 10.1. The molecule has 36 heavy (non-hydrogen) atoms. The Labute approximate surface area is 226 Å². The molecule has 2 aliphatic rings. The lowest BCUT2D eigenvalue weighted by Crippen LogP contribution is -2.29. The summed E-state index contributed by atoms with van der Waals surface area (Å²) in [6.45, 7) is 2.95. The smallest absolute Gasteiger partial charge is 0.275 e. The number of halogens is 2. The van der Waals surface area contributed by atoms with E-state index >= 15 is 0 Å². The van der Waals surface area contributed by atoms with Crippen molar-refractivity contribution >= 4 is 47.6 Å². The van der Waals surface area contributed by atoms with Gasteiger partial charge in [-0.2, -0.15) is 0 Å². The average Bonchev–Trinajstić information content (AvgIpc) is 3.33. The van der Waals surface area contributed by atoms with Gasteiger partial charge in [0.1, 0.15) is 12.1 Å². The minimum Gasteiger partial charge on any atom is -0.447 e. The summed E-state index contributed by atoms with van der Waals surface area (Å²) in [4.78, 5) is 23.7. The normalized spacial score (nSPS) is 14.5. The van der Waals surface area contributed by atoms with Crippen molar-refractivity contribution in [2.24, 2.45) is 4.99 Å². The molecule has 1 aromatic heterocycles. The number of amides is 1. The third kappa shape index (κ3) is 7.74. The fraction of sp³-hybridized carbons (Fsp3) is 0.346. The Morgan fingerprint density at radius 1 is 1.22 bits per heavy atom. The van der Waals surface area contributed by atoms with Crippen LogP contribution >= 0.6 is 35.8 Å². The van der Waals surface area contributed by atoms with E-state index in [0.717, 1.165) is 35.8 Å². The topological polar surface area (TPSA) is 82.8 Å². The average molecular weight is 547 g/mol. The van der Waals surface area contributed by atoms with E-state index in [-0.39, 0.29) is 5.91 Å². The summed E-state index contributed by atoms with van der Waals surface area (Å²) in [5.41, 5.74) is 2.66. The number of carbonyl (C=O) groups excluding carboxylic acids is 1. The summed E-state index contributed by atoms with van der Waals surface area (Å²) in [5.74, 6) is 1.42.